The maximum absolute atomic E-state index is 12.4. The van der Waals surface area contributed by atoms with Gasteiger partial charge in [-0.05, 0) is 83.5 Å². The SMILES string of the molecule is CCCCCC/C=C\CCCCCCCC(=O)OCCCCCCCCCCCCCC/C=C\CCCCCCCCCC(=O)NC(CO)C(O)/C=C/CCCCCCCCCC. The predicted octanol–water partition coefficient (Wildman–Crippen LogP) is 16.9. The summed E-state index contributed by atoms with van der Waals surface area (Å²) in [6, 6.07) is -0.630. The van der Waals surface area contributed by atoms with E-state index in [4.69, 9.17) is 4.74 Å². The Labute approximate surface area is 392 Å². The number of allylic oxidation sites excluding steroid dienone is 5. The van der Waals surface area contributed by atoms with Crippen molar-refractivity contribution in [3.05, 3.63) is 36.5 Å². The molecule has 370 valence electrons. The molecule has 0 radical (unpaired) electrons. The lowest BCUT2D eigenvalue weighted by molar-refractivity contribution is -0.143. The van der Waals surface area contributed by atoms with E-state index in [1.54, 1.807) is 6.08 Å². The van der Waals surface area contributed by atoms with Gasteiger partial charge in [0, 0.05) is 12.8 Å². The Morgan fingerprint density at radius 2 is 0.746 bits per heavy atom. The minimum absolute atomic E-state index is 0.00109. The number of esters is 1. The summed E-state index contributed by atoms with van der Waals surface area (Å²) in [6.45, 7) is 4.86. The van der Waals surface area contributed by atoms with Crippen LogP contribution in [0.5, 0.6) is 0 Å². The molecule has 2 unspecified atom stereocenters. The zero-order valence-electron chi connectivity index (χ0n) is 42.1. The van der Waals surface area contributed by atoms with Crippen LogP contribution in [0.4, 0.5) is 0 Å². The second-order valence-electron chi connectivity index (χ2n) is 18.9. The number of amides is 1. The molecule has 0 aliphatic rings. The van der Waals surface area contributed by atoms with Gasteiger partial charge in [-0.1, -0.05) is 230 Å². The minimum atomic E-state index is -0.846. The largest absolute Gasteiger partial charge is 0.466 e. The van der Waals surface area contributed by atoms with Crippen LogP contribution < -0.4 is 5.32 Å². The molecule has 3 N–H and O–H groups in total. The maximum Gasteiger partial charge on any atom is 0.305 e. The van der Waals surface area contributed by atoms with Gasteiger partial charge >= 0.3 is 5.97 Å². The molecular formula is C57H107NO5. The number of carbonyl (C=O) groups excluding carboxylic acids is 2. The molecule has 1 amide bonds. The normalized spacial score (nSPS) is 12.9. The molecule has 6 heteroatoms. The van der Waals surface area contributed by atoms with Crippen molar-refractivity contribution in [2.45, 2.75) is 302 Å². The highest BCUT2D eigenvalue weighted by Gasteiger charge is 2.18. The second-order valence-corrected chi connectivity index (χ2v) is 18.9. The molecule has 0 spiro atoms. The Morgan fingerprint density at radius 1 is 0.429 bits per heavy atom. The number of aliphatic hydroxyl groups excluding tert-OH is 2. The van der Waals surface area contributed by atoms with Gasteiger partial charge in [-0.15, -0.1) is 0 Å². The highest BCUT2D eigenvalue weighted by Crippen LogP contribution is 2.15. The van der Waals surface area contributed by atoms with Gasteiger partial charge in [-0.2, -0.15) is 0 Å². The Balaban J connectivity index is 3.41. The summed E-state index contributed by atoms with van der Waals surface area (Å²) in [5, 5.41) is 22.9. The number of unbranched alkanes of at least 4 members (excludes halogenated alkanes) is 36. The predicted molar refractivity (Wildman–Crippen MR) is 273 cm³/mol. The summed E-state index contributed by atoms with van der Waals surface area (Å²) >= 11 is 0. The van der Waals surface area contributed by atoms with E-state index in [0.717, 1.165) is 51.4 Å². The van der Waals surface area contributed by atoms with E-state index in [1.807, 2.05) is 6.08 Å². The van der Waals surface area contributed by atoms with Crippen molar-refractivity contribution in [1.82, 2.24) is 5.32 Å². The molecule has 0 fully saturated rings. The van der Waals surface area contributed by atoms with Crippen LogP contribution in [-0.4, -0.2) is 47.4 Å². The first kappa shape index (κ1) is 61.1. The maximum atomic E-state index is 12.4. The van der Waals surface area contributed by atoms with Crippen molar-refractivity contribution in [3.8, 4) is 0 Å². The number of ether oxygens (including phenoxy) is 1. The zero-order valence-corrected chi connectivity index (χ0v) is 42.1. The van der Waals surface area contributed by atoms with Crippen LogP contribution in [0.15, 0.2) is 36.5 Å². The topological polar surface area (TPSA) is 95.9 Å². The molecule has 2 atom stereocenters. The molecular weight excluding hydrogens is 779 g/mol. The van der Waals surface area contributed by atoms with E-state index >= 15 is 0 Å². The molecule has 0 aliphatic heterocycles. The van der Waals surface area contributed by atoms with Gasteiger partial charge < -0.3 is 20.3 Å². The summed E-state index contributed by atoms with van der Waals surface area (Å²) in [5.41, 5.74) is 0. The van der Waals surface area contributed by atoms with Gasteiger partial charge in [-0.25, -0.2) is 0 Å². The van der Waals surface area contributed by atoms with Crippen molar-refractivity contribution in [2.75, 3.05) is 13.2 Å². The molecule has 0 bridgehead atoms. The number of aliphatic hydroxyl groups is 2. The number of carbonyl (C=O) groups is 2. The summed E-state index contributed by atoms with van der Waals surface area (Å²) in [6.07, 6.45) is 64.5. The van der Waals surface area contributed by atoms with Gasteiger partial charge in [0.2, 0.25) is 5.91 Å². The first-order chi connectivity index (χ1) is 31.0. The third-order valence-electron chi connectivity index (χ3n) is 12.6. The lowest BCUT2D eigenvalue weighted by Gasteiger charge is -2.20. The van der Waals surface area contributed by atoms with Gasteiger partial charge in [0.25, 0.3) is 0 Å². The summed E-state index contributed by atoms with van der Waals surface area (Å²) in [7, 11) is 0. The molecule has 0 aromatic rings. The van der Waals surface area contributed by atoms with E-state index in [0.29, 0.717) is 19.4 Å². The van der Waals surface area contributed by atoms with E-state index in [2.05, 4.69) is 43.5 Å². The van der Waals surface area contributed by atoms with Gasteiger partial charge in [0.1, 0.15) is 0 Å². The lowest BCUT2D eigenvalue weighted by atomic mass is 10.0. The van der Waals surface area contributed by atoms with Crippen LogP contribution in [0.2, 0.25) is 0 Å². The molecule has 0 aromatic heterocycles. The summed E-state index contributed by atoms with van der Waals surface area (Å²) in [4.78, 5) is 24.4. The van der Waals surface area contributed by atoms with Gasteiger partial charge in [0.15, 0.2) is 0 Å². The molecule has 0 rings (SSSR count). The second kappa shape index (κ2) is 52.7. The van der Waals surface area contributed by atoms with Gasteiger partial charge in [-0.3, -0.25) is 9.59 Å². The quantitative estimate of drug-likeness (QED) is 0.0321. The van der Waals surface area contributed by atoms with Crippen molar-refractivity contribution in [3.63, 3.8) is 0 Å². The van der Waals surface area contributed by atoms with Crippen LogP contribution in [0.25, 0.3) is 0 Å². The minimum Gasteiger partial charge on any atom is -0.466 e. The van der Waals surface area contributed by atoms with Crippen LogP contribution in [0.1, 0.15) is 290 Å². The smallest absolute Gasteiger partial charge is 0.305 e. The average molecular weight is 886 g/mol. The first-order valence-electron chi connectivity index (χ1n) is 27.8. The summed E-state index contributed by atoms with van der Waals surface area (Å²) < 4.78 is 5.46. The van der Waals surface area contributed by atoms with Gasteiger partial charge in [0.05, 0.1) is 25.4 Å². The summed E-state index contributed by atoms with van der Waals surface area (Å²) in [5.74, 6) is -0.0756. The molecule has 0 saturated carbocycles. The fraction of sp³-hybridized carbons (Fsp3) is 0.860. The molecule has 63 heavy (non-hydrogen) atoms. The zero-order chi connectivity index (χ0) is 45.8. The third-order valence-corrected chi connectivity index (χ3v) is 12.6. The standard InChI is InChI=1S/C57H107NO5/c1-3-5-7-9-11-13-15-27-31-35-39-43-47-51-57(62)63-52-48-44-40-36-32-29-26-24-22-20-18-16-17-19-21-23-25-28-30-34-38-42-46-50-56(61)58-54(53-59)55(60)49-45-41-37-33-14-12-10-8-6-4-2/h13,15,19,21,45,49,54-55,59-60H,3-12,14,16-18,20,22-44,46-48,50-53H2,1-2H3,(H,58,61)/b15-13-,21-19-,49-45+. The number of rotatable bonds is 51. The molecule has 6 nitrogen and oxygen atoms in total. The van der Waals surface area contributed by atoms with Crippen molar-refractivity contribution >= 4 is 11.9 Å². The highest BCUT2D eigenvalue weighted by atomic mass is 16.5. The number of nitrogens with one attached hydrogen (secondary N) is 1. The average Bonchev–Trinajstić information content (AvgIpc) is 3.28. The Bertz CT molecular complexity index is 1020. The first-order valence-corrected chi connectivity index (χ1v) is 27.8. The van der Waals surface area contributed by atoms with E-state index < -0.39 is 12.1 Å². The molecule has 0 saturated heterocycles. The molecule has 0 aromatic carbocycles. The molecule has 0 aliphatic carbocycles. The fourth-order valence-electron chi connectivity index (χ4n) is 8.33. The van der Waals surface area contributed by atoms with E-state index in [9.17, 15) is 19.8 Å². The van der Waals surface area contributed by atoms with E-state index in [1.165, 1.54) is 212 Å². The third kappa shape index (κ3) is 49.4. The van der Waals surface area contributed by atoms with E-state index in [-0.39, 0.29) is 18.5 Å². The molecule has 0 heterocycles. The Kier molecular flexibility index (Phi) is 51.1. The van der Waals surface area contributed by atoms with Crippen molar-refractivity contribution < 1.29 is 24.5 Å². The van der Waals surface area contributed by atoms with Crippen LogP contribution in [0.3, 0.4) is 0 Å². The Hall–Kier alpha value is -1.92. The number of hydrogen-bond donors (Lipinski definition) is 3. The van der Waals surface area contributed by atoms with Crippen LogP contribution in [-0.2, 0) is 14.3 Å². The van der Waals surface area contributed by atoms with Crippen molar-refractivity contribution in [2.24, 2.45) is 0 Å². The number of hydrogen-bond acceptors (Lipinski definition) is 5. The highest BCUT2D eigenvalue weighted by molar-refractivity contribution is 5.76. The van der Waals surface area contributed by atoms with Crippen molar-refractivity contribution in [1.29, 1.82) is 0 Å². The Morgan fingerprint density at radius 3 is 1.14 bits per heavy atom. The lowest BCUT2D eigenvalue weighted by Crippen LogP contribution is -2.45. The van der Waals surface area contributed by atoms with Crippen LogP contribution >= 0.6 is 0 Å². The monoisotopic (exact) mass is 886 g/mol. The van der Waals surface area contributed by atoms with Crippen LogP contribution in [0, 0.1) is 0 Å². The fourth-order valence-corrected chi connectivity index (χ4v) is 8.33.